The van der Waals surface area contributed by atoms with Crippen molar-refractivity contribution in [2.45, 2.75) is 5.38 Å². The Morgan fingerprint density at radius 3 is 3.14 bits per heavy atom. The lowest BCUT2D eigenvalue weighted by atomic mass is 10.0. The van der Waals surface area contributed by atoms with E-state index >= 15 is 0 Å². The molecule has 2 heterocycles. The molecule has 0 aromatic carbocycles. The second-order valence-electron chi connectivity index (χ2n) is 3.19. The van der Waals surface area contributed by atoms with E-state index in [0.29, 0.717) is 12.1 Å². The van der Waals surface area contributed by atoms with Crippen molar-refractivity contribution in [2.24, 2.45) is 0 Å². The van der Waals surface area contributed by atoms with Gasteiger partial charge in [-0.2, -0.15) is 0 Å². The lowest BCUT2D eigenvalue weighted by molar-refractivity contribution is 0.614. The molecule has 0 bridgehead atoms. The van der Waals surface area contributed by atoms with Gasteiger partial charge in [0, 0.05) is 24.8 Å². The summed E-state index contributed by atoms with van der Waals surface area (Å²) in [5.74, 6) is -0.300. The first-order valence-corrected chi connectivity index (χ1v) is 4.86. The third kappa shape index (κ3) is 1.94. The summed E-state index contributed by atoms with van der Waals surface area (Å²) in [6, 6.07) is 1.66. The quantitative estimate of drug-likeness (QED) is 0.719. The molecule has 0 amide bonds. The number of nitrogens with zero attached hydrogens (tertiary/aromatic N) is 1. The van der Waals surface area contributed by atoms with Gasteiger partial charge in [0.1, 0.15) is 5.82 Å². The van der Waals surface area contributed by atoms with Crippen LogP contribution in [-0.2, 0) is 0 Å². The molecule has 1 aliphatic heterocycles. The highest BCUT2D eigenvalue weighted by molar-refractivity contribution is 6.22. The molecule has 1 unspecified atom stereocenters. The zero-order valence-electron chi connectivity index (χ0n) is 7.50. The fourth-order valence-electron chi connectivity index (χ4n) is 1.50. The van der Waals surface area contributed by atoms with Crippen LogP contribution in [0.5, 0.6) is 0 Å². The summed E-state index contributed by atoms with van der Waals surface area (Å²) in [5.41, 5.74) is 1.48. The van der Waals surface area contributed by atoms with Crippen molar-refractivity contribution in [1.29, 1.82) is 0 Å². The smallest absolute Gasteiger partial charge is 0.149 e. The summed E-state index contributed by atoms with van der Waals surface area (Å²) < 4.78 is 13.3. The van der Waals surface area contributed by atoms with Gasteiger partial charge in [-0.15, -0.1) is 11.6 Å². The second-order valence-corrected chi connectivity index (χ2v) is 3.75. The number of halogens is 2. The van der Waals surface area contributed by atoms with Gasteiger partial charge in [-0.1, -0.05) is 6.08 Å². The third-order valence-corrected chi connectivity index (χ3v) is 2.44. The number of alkyl halides is 1. The Balaban J connectivity index is 2.35. The first-order valence-electron chi connectivity index (χ1n) is 4.43. The average Bonchev–Trinajstić information content (AvgIpc) is 2.18. The van der Waals surface area contributed by atoms with Crippen molar-refractivity contribution in [2.75, 3.05) is 13.1 Å². The van der Waals surface area contributed by atoms with Gasteiger partial charge >= 0.3 is 0 Å². The van der Waals surface area contributed by atoms with Crippen LogP contribution in [0, 0.1) is 5.82 Å². The maximum Gasteiger partial charge on any atom is 0.149 e. The van der Waals surface area contributed by atoms with Crippen LogP contribution in [0.2, 0.25) is 0 Å². The molecule has 1 aliphatic rings. The molecule has 1 atom stereocenters. The van der Waals surface area contributed by atoms with Crippen LogP contribution in [-0.4, -0.2) is 23.5 Å². The predicted octanol–water partition coefficient (Wildman–Crippen LogP) is 1.81. The highest BCUT2D eigenvalue weighted by atomic mass is 35.5. The van der Waals surface area contributed by atoms with E-state index in [1.165, 1.54) is 6.20 Å². The highest BCUT2D eigenvalue weighted by Crippen LogP contribution is 2.20. The maximum atomic E-state index is 13.3. The summed E-state index contributed by atoms with van der Waals surface area (Å²) in [6.07, 6.45) is 4.68. The molecule has 2 rings (SSSR count). The molecule has 2 nitrogen and oxygen atoms in total. The van der Waals surface area contributed by atoms with Crippen LogP contribution in [0.25, 0.3) is 5.57 Å². The van der Waals surface area contributed by atoms with Crippen molar-refractivity contribution < 1.29 is 4.39 Å². The van der Waals surface area contributed by atoms with E-state index in [4.69, 9.17) is 11.6 Å². The van der Waals surface area contributed by atoms with Gasteiger partial charge < -0.3 is 5.32 Å². The molecule has 4 heteroatoms. The van der Waals surface area contributed by atoms with E-state index in [2.05, 4.69) is 10.3 Å². The van der Waals surface area contributed by atoms with Crippen molar-refractivity contribution in [3.63, 3.8) is 0 Å². The van der Waals surface area contributed by atoms with Crippen molar-refractivity contribution >= 4 is 17.2 Å². The topological polar surface area (TPSA) is 24.9 Å². The van der Waals surface area contributed by atoms with Crippen LogP contribution in [0.15, 0.2) is 24.5 Å². The molecule has 1 aromatic heterocycles. The van der Waals surface area contributed by atoms with E-state index < -0.39 is 0 Å². The van der Waals surface area contributed by atoms with Crippen LogP contribution >= 0.6 is 11.6 Å². The van der Waals surface area contributed by atoms with E-state index in [0.717, 1.165) is 12.1 Å². The molecule has 14 heavy (non-hydrogen) atoms. The number of nitrogens with one attached hydrogen (secondary N) is 1. The minimum absolute atomic E-state index is 0.0636. The molecule has 0 aliphatic carbocycles. The van der Waals surface area contributed by atoms with E-state index in [1.807, 2.05) is 6.08 Å². The maximum absolute atomic E-state index is 13.3. The molecular formula is C10H10ClFN2. The van der Waals surface area contributed by atoms with E-state index in [-0.39, 0.29) is 11.2 Å². The van der Waals surface area contributed by atoms with Gasteiger partial charge in [-0.3, -0.25) is 4.98 Å². The molecule has 0 radical (unpaired) electrons. The van der Waals surface area contributed by atoms with Gasteiger partial charge in [0.2, 0.25) is 0 Å². The van der Waals surface area contributed by atoms with Gasteiger partial charge in [0.05, 0.1) is 11.6 Å². The van der Waals surface area contributed by atoms with Gasteiger partial charge in [0.15, 0.2) is 0 Å². The van der Waals surface area contributed by atoms with Crippen LogP contribution in [0.3, 0.4) is 0 Å². The largest absolute Gasteiger partial charge is 0.311 e. The fraction of sp³-hybridized carbons (Fsp3) is 0.300. The third-order valence-electron chi connectivity index (χ3n) is 2.16. The number of pyridine rings is 1. The molecule has 1 N–H and O–H groups in total. The molecular weight excluding hydrogens is 203 g/mol. The Hall–Kier alpha value is -0.930. The standard InChI is InChI=1S/C10H10ClFN2/c11-8-3-7(4-14-5-8)9-1-2-13-6-10(9)12/h1-3,6,8,14H,4-5H2. The second kappa shape index (κ2) is 4.07. The summed E-state index contributed by atoms with van der Waals surface area (Å²) in [7, 11) is 0. The summed E-state index contributed by atoms with van der Waals surface area (Å²) in [6.45, 7) is 1.39. The van der Waals surface area contributed by atoms with Crippen molar-refractivity contribution in [3.05, 3.63) is 35.9 Å². The minimum Gasteiger partial charge on any atom is -0.311 e. The summed E-state index contributed by atoms with van der Waals surface area (Å²) in [5, 5.41) is 3.06. The van der Waals surface area contributed by atoms with Crippen LogP contribution < -0.4 is 5.32 Å². The number of hydrogen-bond donors (Lipinski definition) is 1. The Labute approximate surface area is 86.8 Å². The number of aromatic nitrogens is 1. The lowest BCUT2D eigenvalue weighted by Crippen LogP contribution is -2.29. The van der Waals surface area contributed by atoms with Gasteiger partial charge in [0.25, 0.3) is 0 Å². The molecule has 74 valence electrons. The molecule has 0 saturated carbocycles. The van der Waals surface area contributed by atoms with E-state index in [9.17, 15) is 4.39 Å². The normalized spacial score (nSPS) is 21.9. The Kier molecular flexibility index (Phi) is 2.79. The SMILES string of the molecule is Fc1cnccc1C1=CC(Cl)CNC1. The number of hydrogen-bond acceptors (Lipinski definition) is 2. The predicted molar refractivity (Wildman–Crippen MR) is 54.7 cm³/mol. The number of rotatable bonds is 1. The van der Waals surface area contributed by atoms with Gasteiger partial charge in [-0.25, -0.2) is 4.39 Å². The zero-order chi connectivity index (χ0) is 9.97. The van der Waals surface area contributed by atoms with Gasteiger partial charge in [-0.05, 0) is 11.6 Å². The van der Waals surface area contributed by atoms with Crippen molar-refractivity contribution in [3.8, 4) is 0 Å². The van der Waals surface area contributed by atoms with Crippen LogP contribution in [0.1, 0.15) is 5.56 Å². The molecule has 1 aromatic rings. The lowest BCUT2D eigenvalue weighted by Gasteiger charge is -2.18. The summed E-state index contributed by atoms with van der Waals surface area (Å²) >= 11 is 5.94. The Morgan fingerprint density at radius 1 is 1.57 bits per heavy atom. The fourth-order valence-corrected chi connectivity index (χ4v) is 1.76. The first-order chi connectivity index (χ1) is 6.77. The minimum atomic E-state index is -0.300. The molecule has 0 fully saturated rings. The average molecular weight is 213 g/mol. The molecule has 0 spiro atoms. The Morgan fingerprint density at radius 2 is 2.43 bits per heavy atom. The molecule has 0 saturated heterocycles. The monoisotopic (exact) mass is 212 g/mol. The summed E-state index contributed by atoms with van der Waals surface area (Å²) in [4.78, 5) is 3.70. The van der Waals surface area contributed by atoms with E-state index in [1.54, 1.807) is 12.3 Å². The highest BCUT2D eigenvalue weighted by Gasteiger charge is 2.14. The van der Waals surface area contributed by atoms with Crippen molar-refractivity contribution in [1.82, 2.24) is 10.3 Å². The Bertz CT molecular complexity index is 365. The zero-order valence-corrected chi connectivity index (χ0v) is 8.26. The first kappa shape index (κ1) is 9.62. The van der Waals surface area contributed by atoms with Crippen LogP contribution in [0.4, 0.5) is 4.39 Å².